The highest BCUT2D eigenvalue weighted by Gasteiger charge is 2.32. The van der Waals surface area contributed by atoms with Gasteiger partial charge in [0.15, 0.2) is 11.5 Å². The van der Waals surface area contributed by atoms with Crippen molar-refractivity contribution < 1.29 is 27.3 Å². The van der Waals surface area contributed by atoms with Gasteiger partial charge in [0.05, 0.1) is 15.6 Å². The first-order valence-electron chi connectivity index (χ1n) is 5.79. The van der Waals surface area contributed by atoms with E-state index in [0.717, 1.165) is 10.7 Å². The van der Waals surface area contributed by atoms with Crippen molar-refractivity contribution in [3.8, 4) is 11.8 Å². The van der Waals surface area contributed by atoms with Crippen LogP contribution in [0.3, 0.4) is 0 Å². The van der Waals surface area contributed by atoms with Gasteiger partial charge in [-0.25, -0.2) is 4.68 Å². The van der Waals surface area contributed by atoms with Gasteiger partial charge in [-0.2, -0.15) is 29.0 Å². The van der Waals surface area contributed by atoms with Crippen molar-refractivity contribution in [2.75, 3.05) is 5.48 Å². The summed E-state index contributed by atoms with van der Waals surface area (Å²) >= 11 is 11.7. The molecule has 1 atom stereocenters. The molecule has 0 aliphatic rings. The lowest BCUT2D eigenvalue weighted by Gasteiger charge is -2.13. The number of hydrogen-bond acceptors (Lipinski definition) is 5. The first kappa shape index (κ1) is 18.4. The minimum absolute atomic E-state index is 0.146. The maximum absolute atomic E-state index is 12.8. The van der Waals surface area contributed by atoms with E-state index in [2.05, 4.69) is 9.72 Å². The Morgan fingerprint density at radius 3 is 2.38 bits per heavy atom. The summed E-state index contributed by atoms with van der Waals surface area (Å²) < 4.78 is 54.0. The van der Waals surface area contributed by atoms with Crippen molar-refractivity contribution in [1.29, 1.82) is 5.26 Å². The molecule has 1 heterocycles. The molecule has 1 aromatic heterocycles. The average molecular weight is 400 g/mol. The summed E-state index contributed by atoms with van der Waals surface area (Å²) in [6, 6.07) is 4.07. The van der Waals surface area contributed by atoms with E-state index in [1.54, 1.807) is 6.07 Å². The van der Waals surface area contributed by atoms with Gasteiger partial charge in [0, 0.05) is 15.3 Å². The number of rotatable bonds is 4. The normalized spacial score (nSPS) is 12.0. The third-order valence-corrected chi connectivity index (χ3v) is 3.43. The zero-order valence-electron chi connectivity index (χ0n) is 11.2. The van der Waals surface area contributed by atoms with Gasteiger partial charge in [-0.15, -0.1) is 4.89 Å². The molecule has 0 fully saturated rings. The summed E-state index contributed by atoms with van der Waals surface area (Å²) in [5, 5.41) is 11.8. The fourth-order valence-electron chi connectivity index (χ4n) is 1.70. The van der Waals surface area contributed by atoms with Crippen LogP contribution in [-0.2, 0) is 15.4 Å². The summed E-state index contributed by atoms with van der Waals surface area (Å²) in [5.41, 5.74) is 0.631. The molecule has 1 aromatic carbocycles. The molecular weight excluding hydrogens is 395 g/mol. The second-order valence-electron chi connectivity index (χ2n) is 4.16. The topological polar surface area (TPSA) is 100 Å². The first-order valence-corrected chi connectivity index (χ1v) is 7.68. The largest absolute Gasteiger partial charge is 0.719 e. The predicted molar refractivity (Wildman–Crippen MR) is 77.8 cm³/mol. The highest BCUT2D eigenvalue weighted by Crippen LogP contribution is 2.38. The molecule has 0 saturated carbocycles. The molecule has 0 bridgehead atoms. The third-order valence-electron chi connectivity index (χ3n) is 2.61. The number of nitrogens with zero attached hydrogens (tertiary/aromatic N) is 3. The number of alkyl halides is 3. The van der Waals surface area contributed by atoms with Crippen LogP contribution >= 0.6 is 31.5 Å². The van der Waals surface area contributed by atoms with Gasteiger partial charge in [0.25, 0.3) is 0 Å². The van der Waals surface area contributed by atoms with Crippen molar-refractivity contribution in [3.63, 3.8) is 0 Å². The van der Waals surface area contributed by atoms with Crippen molar-refractivity contribution in [3.05, 3.63) is 39.5 Å². The second kappa shape index (κ2) is 6.93. The number of nitriles is 1. The Bertz CT molecular complexity index is 827. The van der Waals surface area contributed by atoms with Gasteiger partial charge in [0.1, 0.15) is 11.8 Å². The zero-order valence-corrected chi connectivity index (χ0v) is 13.6. The van der Waals surface area contributed by atoms with Crippen LogP contribution in [0.5, 0.6) is 0 Å². The van der Waals surface area contributed by atoms with Crippen molar-refractivity contribution >= 4 is 37.3 Å². The molecule has 13 heteroatoms. The summed E-state index contributed by atoms with van der Waals surface area (Å²) in [7, 11) is -3.04. The van der Waals surface area contributed by atoms with Crippen LogP contribution in [-0.4, -0.2) is 14.7 Å². The van der Waals surface area contributed by atoms with Crippen LogP contribution in [0.15, 0.2) is 18.2 Å². The molecule has 2 aromatic rings. The maximum atomic E-state index is 12.8. The quantitative estimate of drug-likeness (QED) is 0.593. The molecule has 0 saturated heterocycles. The molecule has 7 nitrogen and oxygen atoms in total. The molecular formula is C11H5Cl2F3N4O3P+. The van der Waals surface area contributed by atoms with Gasteiger partial charge in [-0.3, -0.25) is 0 Å². The minimum Gasteiger partial charge on any atom is -0.211 e. The lowest BCUT2D eigenvalue weighted by Crippen LogP contribution is -2.09. The summed E-state index contributed by atoms with van der Waals surface area (Å²) in [6.45, 7) is 0. The zero-order chi connectivity index (χ0) is 18.1. The average Bonchev–Trinajstić information content (AvgIpc) is 2.86. The number of nitrogens with one attached hydrogen (secondary N) is 1. The summed E-state index contributed by atoms with van der Waals surface area (Å²) in [4.78, 5) is 8.63. The van der Waals surface area contributed by atoms with Crippen LogP contribution in [0.25, 0.3) is 5.69 Å². The van der Waals surface area contributed by atoms with Gasteiger partial charge in [-0.05, 0) is 12.1 Å². The van der Waals surface area contributed by atoms with E-state index in [0.29, 0.717) is 12.1 Å². The van der Waals surface area contributed by atoms with Crippen molar-refractivity contribution in [2.24, 2.45) is 0 Å². The fraction of sp³-hybridized carbons (Fsp3) is 0.0909. The highest BCUT2D eigenvalue weighted by atomic mass is 35.5. The predicted octanol–water partition coefficient (Wildman–Crippen LogP) is 4.06. The van der Waals surface area contributed by atoms with E-state index in [1.807, 2.05) is 5.48 Å². The van der Waals surface area contributed by atoms with E-state index in [1.165, 1.54) is 0 Å². The third kappa shape index (κ3) is 3.95. The Labute approximate surface area is 143 Å². The van der Waals surface area contributed by atoms with Crippen LogP contribution in [0.4, 0.5) is 19.0 Å². The van der Waals surface area contributed by atoms with Crippen LogP contribution in [0, 0.1) is 11.3 Å². The van der Waals surface area contributed by atoms with Crippen molar-refractivity contribution in [2.45, 2.75) is 6.18 Å². The molecule has 0 spiro atoms. The number of halogens is 5. The SMILES string of the molecule is N#Cc1cc(NO[P+](=O)O)n(-c2c(Cl)cc(C(F)(F)F)cc2Cl)n1. The standard InChI is InChI=1S/C11H4Cl2F3N4O3P/c12-7-1-5(11(14,15)16)2-8(13)10(7)20-9(19-23-24(21)22)3-6(4-17)18-20/h1-3,19H/p+1. The monoisotopic (exact) mass is 399 g/mol. The van der Waals surface area contributed by atoms with E-state index >= 15 is 0 Å². The molecule has 1 unspecified atom stereocenters. The maximum Gasteiger partial charge on any atom is 0.719 e. The smallest absolute Gasteiger partial charge is 0.211 e. The number of hydrogen-bond donors (Lipinski definition) is 2. The Hall–Kier alpha value is -1.89. The number of anilines is 1. The lowest BCUT2D eigenvalue weighted by atomic mass is 10.2. The Kier molecular flexibility index (Phi) is 5.32. The lowest BCUT2D eigenvalue weighted by molar-refractivity contribution is -0.137. The van der Waals surface area contributed by atoms with E-state index < -0.39 is 30.0 Å². The van der Waals surface area contributed by atoms with Crippen LogP contribution < -0.4 is 5.48 Å². The fourth-order valence-corrected chi connectivity index (χ4v) is 2.52. The van der Waals surface area contributed by atoms with Gasteiger partial charge >= 0.3 is 14.4 Å². The molecule has 0 amide bonds. The molecule has 24 heavy (non-hydrogen) atoms. The van der Waals surface area contributed by atoms with E-state index in [-0.39, 0.29) is 17.2 Å². The Morgan fingerprint density at radius 2 is 1.92 bits per heavy atom. The van der Waals surface area contributed by atoms with Crippen LogP contribution in [0.2, 0.25) is 10.0 Å². The Morgan fingerprint density at radius 1 is 1.33 bits per heavy atom. The number of benzene rings is 1. The van der Waals surface area contributed by atoms with Crippen molar-refractivity contribution in [1.82, 2.24) is 9.78 Å². The highest BCUT2D eigenvalue weighted by molar-refractivity contribution is 7.32. The molecule has 126 valence electrons. The first-order chi connectivity index (χ1) is 11.1. The molecule has 2 rings (SSSR count). The number of aromatic nitrogens is 2. The minimum atomic E-state index is -4.66. The van der Waals surface area contributed by atoms with Gasteiger partial charge in [-0.1, -0.05) is 23.2 Å². The Balaban J connectivity index is 2.58. The molecule has 0 aliphatic carbocycles. The van der Waals surface area contributed by atoms with E-state index in [4.69, 9.17) is 33.4 Å². The second-order valence-corrected chi connectivity index (χ2v) is 5.63. The summed E-state index contributed by atoms with van der Waals surface area (Å²) in [5.74, 6) is -0.146. The summed E-state index contributed by atoms with van der Waals surface area (Å²) in [6.07, 6.45) is -4.66. The molecule has 0 aliphatic heterocycles. The van der Waals surface area contributed by atoms with Gasteiger partial charge < -0.3 is 0 Å². The van der Waals surface area contributed by atoms with Gasteiger partial charge in [0.2, 0.25) is 0 Å². The van der Waals surface area contributed by atoms with E-state index in [9.17, 15) is 17.7 Å². The van der Waals surface area contributed by atoms with Crippen LogP contribution in [0.1, 0.15) is 11.3 Å². The molecule has 2 N–H and O–H groups in total. The molecule has 0 radical (unpaired) electrons.